The largest absolute Gasteiger partial charge is 0.383 e. The highest BCUT2D eigenvalue weighted by Gasteiger charge is 2.22. The van der Waals surface area contributed by atoms with Crippen LogP contribution in [0.5, 0.6) is 0 Å². The summed E-state index contributed by atoms with van der Waals surface area (Å²) in [5.74, 6) is -0.104. The summed E-state index contributed by atoms with van der Waals surface area (Å²) >= 11 is 7.43. The van der Waals surface area contributed by atoms with Gasteiger partial charge in [-0.3, -0.25) is 9.59 Å². The highest BCUT2D eigenvalue weighted by molar-refractivity contribution is 7.14. The number of rotatable bonds is 9. The van der Waals surface area contributed by atoms with Crippen molar-refractivity contribution in [1.82, 2.24) is 14.8 Å². The summed E-state index contributed by atoms with van der Waals surface area (Å²) in [6, 6.07) is 5.58. The molecular formula is C21H27ClN4O3S. The molecule has 0 bridgehead atoms. The third kappa shape index (κ3) is 5.93. The summed E-state index contributed by atoms with van der Waals surface area (Å²) < 4.78 is 5.14. The van der Waals surface area contributed by atoms with Crippen LogP contribution < -0.4 is 5.32 Å². The number of benzene rings is 1. The summed E-state index contributed by atoms with van der Waals surface area (Å²) in [4.78, 5) is 33.3. The molecule has 1 saturated heterocycles. The lowest BCUT2D eigenvalue weighted by atomic mass is 10.2. The van der Waals surface area contributed by atoms with Gasteiger partial charge in [0.2, 0.25) is 5.91 Å². The summed E-state index contributed by atoms with van der Waals surface area (Å²) in [6.45, 7) is 4.77. The number of likely N-dealkylation sites (tertiary alicyclic amines) is 1. The fourth-order valence-corrected chi connectivity index (χ4v) is 4.18. The van der Waals surface area contributed by atoms with Crippen molar-refractivity contribution in [3.05, 3.63) is 39.9 Å². The van der Waals surface area contributed by atoms with E-state index in [0.717, 1.165) is 37.2 Å². The van der Waals surface area contributed by atoms with Gasteiger partial charge in [0.15, 0.2) is 5.13 Å². The third-order valence-electron chi connectivity index (χ3n) is 5.07. The SMILES string of the molecule is COCCN(CCC(=O)N1CCCC1)C(=O)c1csc(Nc2cc(Cl)ccc2C)n1. The number of anilines is 2. The maximum atomic E-state index is 13.0. The Balaban J connectivity index is 1.65. The zero-order valence-corrected chi connectivity index (χ0v) is 18.9. The van der Waals surface area contributed by atoms with E-state index in [1.165, 1.54) is 11.3 Å². The lowest BCUT2D eigenvalue weighted by molar-refractivity contribution is -0.130. The van der Waals surface area contributed by atoms with E-state index in [4.69, 9.17) is 16.3 Å². The fraction of sp³-hybridized carbons (Fsp3) is 0.476. The van der Waals surface area contributed by atoms with Gasteiger partial charge in [-0.25, -0.2) is 4.98 Å². The molecule has 1 N–H and O–H groups in total. The molecule has 0 atom stereocenters. The molecule has 1 fully saturated rings. The third-order valence-corrected chi connectivity index (χ3v) is 6.06. The Labute approximate surface area is 186 Å². The second kappa shape index (κ2) is 10.7. The van der Waals surface area contributed by atoms with Gasteiger partial charge in [-0.1, -0.05) is 17.7 Å². The molecule has 2 aromatic rings. The molecule has 1 aromatic heterocycles. The van der Waals surface area contributed by atoms with Crippen LogP contribution >= 0.6 is 22.9 Å². The Morgan fingerprint density at radius 1 is 1.30 bits per heavy atom. The van der Waals surface area contributed by atoms with Gasteiger partial charge in [0.05, 0.1) is 6.61 Å². The Bertz CT molecular complexity index is 883. The van der Waals surface area contributed by atoms with E-state index in [-0.39, 0.29) is 11.8 Å². The minimum Gasteiger partial charge on any atom is -0.383 e. The number of aryl methyl sites for hydroxylation is 1. The summed E-state index contributed by atoms with van der Waals surface area (Å²) in [6.07, 6.45) is 2.42. The monoisotopic (exact) mass is 450 g/mol. The van der Waals surface area contributed by atoms with Crippen LogP contribution in [-0.4, -0.2) is 66.5 Å². The topological polar surface area (TPSA) is 74.8 Å². The summed E-state index contributed by atoms with van der Waals surface area (Å²) in [7, 11) is 1.59. The van der Waals surface area contributed by atoms with Gasteiger partial charge in [-0.2, -0.15) is 0 Å². The molecule has 3 rings (SSSR count). The molecular weight excluding hydrogens is 424 g/mol. The molecule has 0 radical (unpaired) electrons. The Morgan fingerprint density at radius 3 is 2.80 bits per heavy atom. The number of nitrogens with zero attached hydrogens (tertiary/aromatic N) is 3. The number of carbonyl (C=O) groups excluding carboxylic acids is 2. The molecule has 9 heteroatoms. The Morgan fingerprint density at radius 2 is 2.07 bits per heavy atom. The van der Waals surface area contributed by atoms with Crippen molar-refractivity contribution in [1.29, 1.82) is 0 Å². The zero-order chi connectivity index (χ0) is 21.5. The highest BCUT2D eigenvalue weighted by atomic mass is 35.5. The van der Waals surface area contributed by atoms with Crippen LogP contribution in [0.3, 0.4) is 0 Å². The van der Waals surface area contributed by atoms with Gasteiger partial charge in [0, 0.05) is 55.8 Å². The first kappa shape index (κ1) is 22.5. The lowest BCUT2D eigenvalue weighted by Gasteiger charge is -2.23. The molecule has 0 unspecified atom stereocenters. The van der Waals surface area contributed by atoms with E-state index < -0.39 is 0 Å². The van der Waals surface area contributed by atoms with Crippen LogP contribution in [0.1, 0.15) is 35.3 Å². The number of aromatic nitrogens is 1. The van der Waals surface area contributed by atoms with Crippen molar-refractivity contribution in [2.45, 2.75) is 26.2 Å². The number of nitrogens with one attached hydrogen (secondary N) is 1. The zero-order valence-electron chi connectivity index (χ0n) is 17.3. The van der Waals surface area contributed by atoms with Crippen LogP contribution in [-0.2, 0) is 9.53 Å². The first-order valence-electron chi connectivity index (χ1n) is 10.0. The molecule has 7 nitrogen and oxygen atoms in total. The average molecular weight is 451 g/mol. The van der Waals surface area contributed by atoms with Crippen molar-refractivity contribution in [3.63, 3.8) is 0 Å². The van der Waals surface area contributed by atoms with E-state index in [1.54, 1.807) is 17.4 Å². The first-order chi connectivity index (χ1) is 14.5. The predicted molar refractivity (Wildman–Crippen MR) is 120 cm³/mol. The normalized spacial score (nSPS) is 13.5. The second-order valence-corrected chi connectivity index (χ2v) is 8.54. The van der Waals surface area contributed by atoms with Crippen molar-refractivity contribution < 1.29 is 14.3 Å². The quantitative estimate of drug-likeness (QED) is 0.626. The Hall–Kier alpha value is -2.16. The maximum Gasteiger partial charge on any atom is 0.273 e. The van der Waals surface area contributed by atoms with Gasteiger partial charge in [0.25, 0.3) is 5.91 Å². The van der Waals surface area contributed by atoms with Gasteiger partial charge in [-0.05, 0) is 37.5 Å². The maximum absolute atomic E-state index is 13.0. The molecule has 0 aliphatic carbocycles. The summed E-state index contributed by atoms with van der Waals surface area (Å²) in [5.41, 5.74) is 2.24. The number of halogens is 1. The fourth-order valence-electron chi connectivity index (χ4n) is 3.31. The number of amides is 2. The number of hydrogen-bond donors (Lipinski definition) is 1. The highest BCUT2D eigenvalue weighted by Crippen LogP contribution is 2.26. The van der Waals surface area contributed by atoms with Crippen molar-refractivity contribution in [2.75, 3.05) is 45.2 Å². The molecule has 2 heterocycles. The summed E-state index contributed by atoms with van der Waals surface area (Å²) in [5, 5.41) is 6.20. The molecule has 0 saturated carbocycles. The molecule has 1 aliphatic heterocycles. The van der Waals surface area contributed by atoms with Crippen molar-refractivity contribution in [2.24, 2.45) is 0 Å². The number of thiazole rings is 1. The first-order valence-corrected chi connectivity index (χ1v) is 11.3. The van der Waals surface area contributed by atoms with Crippen LogP contribution in [0.15, 0.2) is 23.6 Å². The van der Waals surface area contributed by atoms with Gasteiger partial charge in [-0.15, -0.1) is 11.3 Å². The number of methoxy groups -OCH3 is 1. The standard InChI is InChI=1S/C21H27ClN4O3S/c1-15-5-6-16(22)13-17(15)23-21-24-18(14-30-21)20(28)26(11-12-29-2)10-7-19(27)25-8-3-4-9-25/h5-6,13-14H,3-4,7-12H2,1-2H3,(H,23,24). The van der Waals surface area contributed by atoms with Gasteiger partial charge < -0.3 is 19.9 Å². The van der Waals surface area contributed by atoms with E-state index in [1.807, 2.05) is 30.0 Å². The minimum atomic E-state index is -0.201. The van der Waals surface area contributed by atoms with Crippen LogP contribution in [0.25, 0.3) is 0 Å². The average Bonchev–Trinajstić information content (AvgIpc) is 3.42. The van der Waals surface area contributed by atoms with E-state index >= 15 is 0 Å². The van der Waals surface area contributed by atoms with Crippen LogP contribution in [0.4, 0.5) is 10.8 Å². The number of carbonyl (C=O) groups is 2. The molecule has 0 spiro atoms. The molecule has 1 aliphatic rings. The Kier molecular flexibility index (Phi) is 8.07. The van der Waals surface area contributed by atoms with Gasteiger partial charge in [0.1, 0.15) is 5.69 Å². The molecule has 1 aromatic carbocycles. The van der Waals surface area contributed by atoms with Crippen molar-refractivity contribution >= 4 is 45.6 Å². The molecule has 162 valence electrons. The molecule has 30 heavy (non-hydrogen) atoms. The smallest absolute Gasteiger partial charge is 0.273 e. The number of ether oxygens (including phenoxy) is 1. The van der Waals surface area contributed by atoms with E-state index in [9.17, 15) is 9.59 Å². The van der Waals surface area contributed by atoms with Crippen LogP contribution in [0.2, 0.25) is 5.02 Å². The van der Waals surface area contributed by atoms with Crippen LogP contribution in [0, 0.1) is 6.92 Å². The molecule has 2 amide bonds. The van der Waals surface area contributed by atoms with Crippen molar-refractivity contribution in [3.8, 4) is 0 Å². The van der Waals surface area contributed by atoms with E-state index in [2.05, 4.69) is 10.3 Å². The lowest BCUT2D eigenvalue weighted by Crippen LogP contribution is -2.38. The van der Waals surface area contributed by atoms with Gasteiger partial charge >= 0.3 is 0 Å². The second-order valence-electron chi connectivity index (χ2n) is 7.25. The number of hydrogen-bond acceptors (Lipinski definition) is 6. The predicted octanol–water partition coefficient (Wildman–Crippen LogP) is 3.95. The minimum absolute atomic E-state index is 0.0970. The van der Waals surface area contributed by atoms with E-state index in [0.29, 0.717) is 42.0 Å².